The first-order valence-electron chi connectivity index (χ1n) is 6.09. The van der Waals surface area contributed by atoms with Crippen LogP contribution in [0.3, 0.4) is 0 Å². The summed E-state index contributed by atoms with van der Waals surface area (Å²) in [6.07, 6.45) is 5.18. The fourth-order valence-electron chi connectivity index (χ4n) is 2.25. The molecule has 1 aromatic rings. The van der Waals surface area contributed by atoms with Crippen molar-refractivity contribution >= 4 is 5.82 Å². The van der Waals surface area contributed by atoms with Gasteiger partial charge in [-0.2, -0.15) is 0 Å². The molecule has 3 nitrogen and oxygen atoms in total. The van der Waals surface area contributed by atoms with E-state index in [1.807, 2.05) is 12.1 Å². The topological polar surface area (TPSA) is 36.4 Å². The Morgan fingerprint density at radius 3 is 2.81 bits per heavy atom. The van der Waals surface area contributed by atoms with Crippen LogP contribution in [0.5, 0.6) is 0 Å². The molecule has 1 fully saturated rings. The summed E-state index contributed by atoms with van der Waals surface area (Å²) in [6, 6.07) is 4.57. The fraction of sp³-hybridized carbons (Fsp3) is 0.615. The van der Waals surface area contributed by atoms with Crippen molar-refractivity contribution in [2.24, 2.45) is 0 Å². The maximum Gasteiger partial charge on any atom is 0.128 e. The Balaban J connectivity index is 2.14. The van der Waals surface area contributed by atoms with E-state index in [1.54, 1.807) is 13.1 Å². The first-order valence-corrected chi connectivity index (χ1v) is 6.09. The van der Waals surface area contributed by atoms with Crippen LogP contribution >= 0.6 is 0 Å². The van der Waals surface area contributed by atoms with Crippen molar-refractivity contribution in [3.05, 3.63) is 23.9 Å². The largest absolute Gasteiger partial charge is 0.389 e. The van der Waals surface area contributed by atoms with Gasteiger partial charge in [-0.15, -0.1) is 0 Å². The standard InChI is InChI=1S/C13H20N2O/c1-10-5-3-4-8-15(10)13-7-6-12(9-14-13)11(2)16/h6-7,9-11,16H,3-5,8H2,1-2H3. The van der Waals surface area contributed by atoms with Gasteiger partial charge in [0.1, 0.15) is 5.82 Å². The highest BCUT2D eigenvalue weighted by Crippen LogP contribution is 2.23. The SMILES string of the molecule is CC(O)c1ccc(N2CCCCC2C)nc1. The van der Waals surface area contributed by atoms with Gasteiger partial charge in [0.2, 0.25) is 0 Å². The molecule has 3 heteroatoms. The van der Waals surface area contributed by atoms with E-state index in [-0.39, 0.29) is 0 Å². The van der Waals surface area contributed by atoms with Crippen molar-refractivity contribution < 1.29 is 5.11 Å². The molecular formula is C13H20N2O. The Hall–Kier alpha value is -1.09. The summed E-state index contributed by atoms with van der Waals surface area (Å²) in [5.74, 6) is 1.04. The number of pyridine rings is 1. The monoisotopic (exact) mass is 220 g/mol. The van der Waals surface area contributed by atoms with Crippen molar-refractivity contribution in [3.8, 4) is 0 Å². The van der Waals surface area contributed by atoms with Crippen molar-refractivity contribution in [2.75, 3.05) is 11.4 Å². The van der Waals surface area contributed by atoms with Crippen LogP contribution in [-0.4, -0.2) is 22.7 Å². The number of hydrogen-bond donors (Lipinski definition) is 1. The zero-order valence-electron chi connectivity index (χ0n) is 10.1. The molecule has 1 aliphatic rings. The number of nitrogens with zero attached hydrogens (tertiary/aromatic N) is 2. The van der Waals surface area contributed by atoms with E-state index < -0.39 is 6.10 Å². The quantitative estimate of drug-likeness (QED) is 0.832. The zero-order chi connectivity index (χ0) is 11.5. The molecule has 0 aromatic carbocycles. The van der Waals surface area contributed by atoms with Gasteiger partial charge in [0, 0.05) is 18.8 Å². The molecule has 1 saturated heterocycles. The minimum Gasteiger partial charge on any atom is -0.389 e. The van der Waals surface area contributed by atoms with Crippen molar-refractivity contribution in [2.45, 2.75) is 45.3 Å². The van der Waals surface area contributed by atoms with Crippen molar-refractivity contribution in [1.29, 1.82) is 0 Å². The Labute approximate surface area is 97.1 Å². The van der Waals surface area contributed by atoms with Gasteiger partial charge in [-0.05, 0) is 44.7 Å². The molecule has 1 aromatic heterocycles. The first-order chi connectivity index (χ1) is 7.68. The highest BCUT2D eigenvalue weighted by atomic mass is 16.3. The van der Waals surface area contributed by atoms with Crippen LogP contribution in [-0.2, 0) is 0 Å². The molecule has 2 atom stereocenters. The summed E-state index contributed by atoms with van der Waals surface area (Å²) >= 11 is 0. The van der Waals surface area contributed by atoms with E-state index in [4.69, 9.17) is 0 Å². The smallest absolute Gasteiger partial charge is 0.128 e. The van der Waals surface area contributed by atoms with Gasteiger partial charge in [0.05, 0.1) is 6.10 Å². The molecule has 0 saturated carbocycles. The van der Waals surface area contributed by atoms with Gasteiger partial charge in [-0.25, -0.2) is 4.98 Å². The van der Waals surface area contributed by atoms with Crippen LogP contribution in [0.25, 0.3) is 0 Å². The molecule has 0 radical (unpaired) electrons. The minimum atomic E-state index is -0.430. The van der Waals surface area contributed by atoms with Crippen LogP contribution < -0.4 is 4.90 Å². The second-order valence-corrected chi connectivity index (χ2v) is 4.66. The van der Waals surface area contributed by atoms with Crippen molar-refractivity contribution in [3.63, 3.8) is 0 Å². The number of piperidine rings is 1. The number of rotatable bonds is 2. The maximum atomic E-state index is 9.42. The third-order valence-electron chi connectivity index (χ3n) is 3.35. The highest BCUT2D eigenvalue weighted by molar-refractivity contribution is 5.41. The zero-order valence-corrected chi connectivity index (χ0v) is 10.1. The van der Waals surface area contributed by atoms with Crippen LogP contribution in [0.1, 0.15) is 44.8 Å². The molecule has 2 unspecified atom stereocenters. The fourth-order valence-corrected chi connectivity index (χ4v) is 2.25. The summed E-state index contributed by atoms with van der Waals surface area (Å²) < 4.78 is 0. The lowest BCUT2D eigenvalue weighted by atomic mass is 10.0. The molecule has 0 aliphatic carbocycles. The van der Waals surface area contributed by atoms with Crippen LogP contribution in [0.15, 0.2) is 18.3 Å². The molecule has 16 heavy (non-hydrogen) atoms. The van der Waals surface area contributed by atoms with Gasteiger partial charge in [0.25, 0.3) is 0 Å². The first kappa shape index (κ1) is 11.4. The summed E-state index contributed by atoms with van der Waals surface area (Å²) in [5.41, 5.74) is 0.883. The van der Waals surface area contributed by atoms with Gasteiger partial charge >= 0.3 is 0 Å². The van der Waals surface area contributed by atoms with E-state index in [1.165, 1.54) is 19.3 Å². The summed E-state index contributed by atoms with van der Waals surface area (Å²) in [6.45, 7) is 5.12. The Kier molecular flexibility index (Phi) is 3.44. The van der Waals surface area contributed by atoms with Gasteiger partial charge in [0.15, 0.2) is 0 Å². The minimum absolute atomic E-state index is 0.430. The van der Waals surface area contributed by atoms with Crippen LogP contribution in [0, 0.1) is 0 Å². The average molecular weight is 220 g/mol. The van der Waals surface area contributed by atoms with E-state index >= 15 is 0 Å². The van der Waals surface area contributed by atoms with E-state index in [0.29, 0.717) is 6.04 Å². The molecule has 1 N–H and O–H groups in total. The predicted molar refractivity (Wildman–Crippen MR) is 65.5 cm³/mol. The Bertz CT molecular complexity index is 334. The number of hydrogen-bond acceptors (Lipinski definition) is 3. The van der Waals surface area contributed by atoms with E-state index in [2.05, 4.69) is 16.8 Å². The van der Waals surface area contributed by atoms with Crippen LogP contribution in [0.4, 0.5) is 5.82 Å². The average Bonchev–Trinajstić information content (AvgIpc) is 2.30. The molecule has 0 amide bonds. The molecule has 0 bridgehead atoms. The lowest BCUT2D eigenvalue weighted by Gasteiger charge is -2.34. The third kappa shape index (κ3) is 2.35. The molecule has 0 spiro atoms. The van der Waals surface area contributed by atoms with E-state index in [9.17, 15) is 5.11 Å². The van der Waals surface area contributed by atoms with Gasteiger partial charge in [-0.3, -0.25) is 0 Å². The normalized spacial score (nSPS) is 23.2. The van der Waals surface area contributed by atoms with Gasteiger partial charge in [-0.1, -0.05) is 6.07 Å². The summed E-state index contributed by atoms with van der Waals surface area (Å²) in [5, 5.41) is 9.42. The summed E-state index contributed by atoms with van der Waals surface area (Å²) in [4.78, 5) is 6.80. The van der Waals surface area contributed by atoms with Gasteiger partial charge < -0.3 is 10.0 Å². The number of anilines is 1. The molecular weight excluding hydrogens is 200 g/mol. The van der Waals surface area contributed by atoms with E-state index in [0.717, 1.165) is 17.9 Å². The lowest BCUT2D eigenvalue weighted by molar-refractivity contribution is 0.199. The molecule has 88 valence electrons. The molecule has 2 rings (SSSR count). The number of aliphatic hydroxyl groups is 1. The maximum absolute atomic E-state index is 9.42. The predicted octanol–water partition coefficient (Wildman–Crippen LogP) is 2.51. The lowest BCUT2D eigenvalue weighted by Crippen LogP contribution is -2.37. The highest BCUT2D eigenvalue weighted by Gasteiger charge is 2.19. The number of aromatic nitrogens is 1. The van der Waals surface area contributed by atoms with Crippen LogP contribution in [0.2, 0.25) is 0 Å². The molecule has 2 heterocycles. The third-order valence-corrected chi connectivity index (χ3v) is 3.35. The second kappa shape index (κ2) is 4.83. The number of aliphatic hydroxyl groups excluding tert-OH is 1. The Morgan fingerprint density at radius 1 is 1.44 bits per heavy atom. The van der Waals surface area contributed by atoms with Crippen molar-refractivity contribution in [1.82, 2.24) is 4.98 Å². The second-order valence-electron chi connectivity index (χ2n) is 4.66. The summed E-state index contributed by atoms with van der Waals surface area (Å²) in [7, 11) is 0. The molecule has 1 aliphatic heterocycles. The Morgan fingerprint density at radius 2 is 2.25 bits per heavy atom.